The molecule has 0 saturated carbocycles. The molecule has 0 fully saturated rings. The Morgan fingerprint density at radius 3 is 2.00 bits per heavy atom. The molecule has 1 amide bonds. The average molecular weight is 844 g/mol. The molecule has 15 heteroatoms. The molecular weight excluding hydrogens is 799 g/mol. The van der Waals surface area contributed by atoms with Gasteiger partial charge in [-0.25, -0.2) is 9.59 Å². The summed E-state index contributed by atoms with van der Waals surface area (Å²) in [7, 11) is 1.32. The van der Waals surface area contributed by atoms with Gasteiger partial charge in [0.05, 0.1) is 36.6 Å². The number of methoxy groups -OCH3 is 1. The SMILES string of the molecule is CCN(CCC(=O)O)c1ccc2c(c1)Oc1ccc(NC(C)=O)cc1C21OC(=O)c2ccccc21.CCN(CCC(=O)OC)c1ccc(C(=O)c2ccccc2C(=O)O)c(O)c1. The monoisotopic (exact) mass is 843 g/mol. The van der Waals surface area contributed by atoms with E-state index in [1.807, 2.05) is 54.0 Å². The van der Waals surface area contributed by atoms with E-state index in [4.69, 9.17) is 14.6 Å². The Bertz CT molecular complexity index is 2570. The first-order valence-corrected chi connectivity index (χ1v) is 19.8. The van der Waals surface area contributed by atoms with Crippen molar-refractivity contribution < 1.29 is 58.3 Å². The van der Waals surface area contributed by atoms with Crippen molar-refractivity contribution in [3.8, 4) is 17.2 Å². The third-order valence-corrected chi connectivity index (χ3v) is 10.5. The van der Waals surface area contributed by atoms with Crippen molar-refractivity contribution in [3.63, 3.8) is 0 Å². The van der Waals surface area contributed by atoms with Crippen LogP contribution in [0, 0.1) is 0 Å². The summed E-state index contributed by atoms with van der Waals surface area (Å²) in [4.78, 5) is 75.0. The van der Waals surface area contributed by atoms with Gasteiger partial charge in [-0.2, -0.15) is 0 Å². The Morgan fingerprint density at radius 1 is 0.710 bits per heavy atom. The standard InChI is InChI=1S/C27H24N2O6.C20H21NO6/c1-3-29(13-12-25(31)32)18-9-10-21-24(15-18)34-23-11-8-17(28-16(2)30)14-22(23)27(21)20-7-5-4-6-19(20)26(33)35-27;1-3-21(11-10-18(23)27-2)13-8-9-16(17(22)12-13)19(24)14-6-4-5-7-15(14)20(25)26/h4-11,14-15H,3,12-13H2,1-2H3,(H,28,30)(H,31,32);4-9,12,22H,3,10-11H2,1-2H3,(H,25,26). The van der Waals surface area contributed by atoms with Crippen molar-refractivity contribution in [1.82, 2.24) is 0 Å². The van der Waals surface area contributed by atoms with Crippen LogP contribution in [-0.2, 0) is 29.5 Å². The number of hydrogen-bond donors (Lipinski definition) is 4. The summed E-state index contributed by atoms with van der Waals surface area (Å²) in [5, 5.41) is 31.5. The van der Waals surface area contributed by atoms with Gasteiger partial charge < -0.3 is 44.6 Å². The molecule has 7 rings (SSSR count). The zero-order valence-corrected chi connectivity index (χ0v) is 34.5. The largest absolute Gasteiger partial charge is 0.507 e. The van der Waals surface area contributed by atoms with E-state index in [1.165, 1.54) is 44.4 Å². The predicted molar refractivity (Wildman–Crippen MR) is 229 cm³/mol. The third kappa shape index (κ3) is 8.92. The maximum atomic E-state index is 13.0. The molecule has 1 atom stereocenters. The average Bonchev–Trinajstić information content (AvgIpc) is 3.55. The minimum Gasteiger partial charge on any atom is -0.507 e. The number of carbonyl (C=O) groups is 6. The highest BCUT2D eigenvalue weighted by molar-refractivity contribution is 6.15. The van der Waals surface area contributed by atoms with E-state index < -0.39 is 29.3 Å². The molecule has 0 aromatic heterocycles. The number of esters is 2. The van der Waals surface area contributed by atoms with Crippen LogP contribution in [0.1, 0.15) is 86.9 Å². The number of ketones is 1. The zero-order valence-electron chi connectivity index (χ0n) is 34.5. The molecule has 320 valence electrons. The van der Waals surface area contributed by atoms with E-state index in [1.54, 1.807) is 42.5 Å². The number of fused-ring (bicyclic) bond motifs is 6. The van der Waals surface area contributed by atoms with Gasteiger partial charge in [-0.3, -0.25) is 19.2 Å². The number of aromatic hydroxyl groups is 1. The number of benzene rings is 5. The van der Waals surface area contributed by atoms with Crippen molar-refractivity contribution in [2.45, 2.75) is 39.2 Å². The molecule has 0 bridgehead atoms. The molecule has 0 aliphatic carbocycles. The second-order valence-electron chi connectivity index (χ2n) is 14.3. The summed E-state index contributed by atoms with van der Waals surface area (Å²) < 4.78 is 17.1. The van der Waals surface area contributed by atoms with Gasteiger partial charge in [0.25, 0.3) is 0 Å². The number of hydrogen-bond acceptors (Lipinski definition) is 12. The second-order valence-corrected chi connectivity index (χ2v) is 14.3. The number of anilines is 3. The van der Waals surface area contributed by atoms with Crippen LogP contribution in [0.2, 0.25) is 0 Å². The third-order valence-electron chi connectivity index (χ3n) is 10.5. The molecule has 2 aliphatic rings. The molecular formula is C47H45N3O12. The second kappa shape index (κ2) is 18.7. The molecule has 0 radical (unpaired) electrons. The number of amides is 1. The molecule has 4 N–H and O–H groups in total. The molecule has 1 spiro atoms. The van der Waals surface area contributed by atoms with Crippen LogP contribution < -0.4 is 19.9 Å². The number of rotatable bonds is 14. The van der Waals surface area contributed by atoms with Gasteiger partial charge in [-0.15, -0.1) is 0 Å². The molecule has 5 aromatic rings. The van der Waals surface area contributed by atoms with Crippen LogP contribution in [0.5, 0.6) is 17.2 Å². The fourth-order valence-corrected chi connectivity index (χ4v) is 7.56. The highest BCUT2D eigenvalue weighted by Crippen LogP contribution is 2.57. The Labute approximate surface area is 357 Å². The van der Waals surface area contributed by atoms with Crippen molar-refractivity contribution in [1.29, 1.82) is 0 Å². The first-order chi connectivity index (χ1) is 29.7. The van der Waals surface area contributed by atoms with Crippen LogP contribution in [0.4, 0.5) is 17.1 Å². The van der Waals surface area contributed by atoms with Gasteiger partial charge in [0.2, 0.25) is 5.91 Å². The van der Waals surface area contributed by atoms with Gasteiger partial charge in [0.1, 0.15) is 17.2 Å². The molecule has 2 heterocycles. The fraction of sp³-hybridized carbons (Fsp3) is 0.234. The van der Waals surface area contributed by atoms with E-state index in [0.29, 0.717) is 71.3 Å². The van der Waals surface area contributed by atoms with Gasteiger partial charge in [0, 0.05) is 84.6 Å². The van der Waals surface area contributed by atoms with Crippen molar-refractivity contribution >= 4 is 52.6 Å². The number of aliphatic carboxylic acids is 1. The Hall–Kier alpha value is -7.68. The summed E-state index contributed by atoms with van der Waals surface area (Å²) in [5.74, 6) is -2.89. The number of ether oxygens (including phenoxy) is 3. The minimum atomic E-state index is -1.25. The van der Waals surface area contributed by atoms with Gasteiger partial charge in [-0.1, -0.05) is 36.4 Å². The number of carboxylic acids is 2. The summed E-state index contributed by atoms with van der Waals surface area (Å²) in [6, 6.07) is 28.5. The highest BCUT2D eigenvalue weighted by atomic mass is 16.6. The van der Waals surface area contributed by atoms with Crippen LogP contribution in [0.25, 0.3) is 0 Å². The van der Waals surface area contributed by atoms with Crippen molar-refractivity contribution in [2.75, 3.05) is 48.4 Å². The zero-order chi connectivity index (χ0) is 44.7. The lowest BCUT2D eigenvalue weighted by molar-refractivity contribution is -0.140. The number of aromatic carboxylic acids is 1. The number of phenolic OH excluding ortho intramolecular Hbond substituents is 1. The lowest BCUT2D eigenvalue weighted by atomic mass is 9.77. The maximum Gasteiger partial charge on any atom is 0.340 e. The normalized spacial score (nSPS) is 14.1. The number of carboxylic acid groups (broad SMARTS) is 2. The maximum absolute atomic E-state index is 13.0. The summed E-state index contributed by atoms with van der Waals surface area (Å²) in [6.45, 7) is 7.24. The first-order valence-electron chi connectivity index (χ1n) is 19.8. The van der Waals surface area contributed by atoms with E-state index in [9.17, 15) is 39.0 Å². The quantitative estimate of drug-likeness (QED) is 0.0643. The smallest absolute Gasteiger partial charge is 0.340 e. The lowest BCUT2D eigenvalue weighted by Gasteiger charge is -2.37. The van der Waals surface area contributed by atoms with Crippen molar-refractivity contribution in [2.24, 2.45) is 0 Å². The van der Waals surface area contributed by atoms with Crippen LogP contribution >= 0.6 is 0 Å². The summed E-state index contributed by atoms with van der Waals surface area (Å²) >= 11 is 0. The molecule has 5 aromatic carbocycles. The fourth-order valence-electron chi connectivity index (χ4n) is 7.56. The van der Waals surface area contributed by atoms with Gasteiger partial charge in [-0.05, 0) is 68.4 Å². The minimum absolute atomic E-state index is 0.00564. The number of nitrogens with one attached hydrogen (secondary N) is 1. The van der Waals surface area contributed by atoms with E-state index in [0.717, 1.165) is 5.69 Å². The Kier molecular flexibility index (Phi) is 13.2. The molecule has 1 unspecified atom stereocenters. The molecule has 62 heavy (non-hydrogen) atoms. The number of nitrogens with zero attached hydrogens (tertiary/aromatic N) is 2. The number of phenols is 1. The van der Waals surface area contributed by atoms with E-state index in [2.05, 4.69) is 10.1 Å². The number of carbonyl (C=O) groups excluding carboxylic acids is 4. The summed E-state index contributed by atoms with van der Waals surface area (Å²) in [6.07, 6.45) is 0.202. The highest BCUT2D eigenvalue weighted by Gasteiger charge is 2.53. The van der Waals surface area contributed by atoms with Crippen LogP contribution in [-0.4, -0.2) is 84.2 Å². The molecule has 2 aliphatic heterocycles. The lowest BCUT2D eigenvalue weighted by Crippen LogP contribution is -2.33. The predicted octanol–water partition coefficient (Wildman–Crippen LogP) is 7.22. The van der Waals surface area contributed by atoms with Crippen LogP contribution in [0.15, 0.2) is 103 Å². The van der Waals surface area contributed by atoms with E-state index in [-0.39, 0.29) is 47.2 Å². The topological polar surface area (TPSA) is 209 Å². The van der Waals surface area contributed by atoms with Gasteiger partial charge in [0.15, 0.2) is 11.4 Å². The molecule has 0 saturated heterocycles. The molecule has 15 nitrogen and oxygen atoms in total. The summed E-state index contributed by atoms with van der Waals surface area (Å²) in [5.41, 5.74) is 3.08. The van der Waals surface area contributed by atoms with Crippen molar-refractivity contribution in [3.05, 3.63) is 142 Å². The van der Waals surface area contributed by atoms with Gasteiger partial charge >= 0.3 is 23.9 Å². The Balaban J connectivity index is 0.000000215. The van der Waals surface area contributed by atoms with E-state index >= 15 is 0 Å². The van der Waals surface area contributed by atoms with Crippen LogP contribution in [0.3, 0.4) is 0 Å². The first kappa shape index (κ1) is 43.9. The Morgan fingerprint density at radius 2 is 1.35 bits per heavy atom.